The number of hydrogen-bond acceptors (Lipinski definition) is 3. The highest BCUT2D eigenvalue weighted by Gasteiger charge is 2.19. The third kappa shape index (κ3) is 4.38. The van der Waals surface area contributed by atoms with E-state index in [2.05, 4.69) is 61.6 Å². The third-order valence-corrected chi connectivity index (χ3v) is 2.69. The largest absolute Gasteiger partial charge is 0.355 e. The maximum atomic E-state index is 4.36. The van der Waals surface area contributed by atoms with E-state index in [-0.39, 0.29) is 5.41 Å². The van der Waals surface area contributed by atoms with Crippen LogP contribution in [0.5, 0.6) is 0 Å². The molecule has 17 heavy (non-hydrogen) atoms. The van der Waals surface area contributed by atoms with E-state index in [0.717, 1.165) is 19.0 Å². The normalized spacial score (nSPS) is 12.5. The van der Waals surface area contributed by atoms with Gasteiger partial charge in [-0.05, 0) is 33.4 Å². The van der Waals surface area contributed by atoms with Gasteiger partial charge in [-0.25, -0.2) is 4.98 Å². The molecule has 4 nitrogen and oxygen atoms in total. The van der Waals surface area contributed by atoms with Gasteiger partial charge >= 0.3 is 0 Å². The molecule has 1 aromatic heterocycles. The molecular formula is C13H26N4. The Morgan fingerprint density at radius 1 is 1.41 bits per heavy atom. The zero-order valence-electron chi connectivity index (χ0n) is 12.0. The molecule has 4 heteroatoms. The second-order valence-electron chi connectivity index (χ2n) is 6.01. The molecule has 1 rings (SSSR count). The SMILES string of the molecule is CC(C)n1ccnc1NCC(C)(C)CN(C)C. The fourth-order valence-electron chi connectivity index (χ4n) is 2.10. The molecule has 0 bridgehead atoms. The lowest BCUT2D eigenvalue weighted by Gasteiger charge is -2.29. The van der Waals surface area contributed by atoms with Crippen molar-refractivity contribution >= 4 is 5.95 Å². The van der Waals surface area contributed by atoms with Crippen molar-refractivity contribution in [1.29, 1.82) is 0 Å². The molecule has 0 atom stereocenters. The van der Waals surface area contributed by atoms with Crippen LogP contribution >= 0.6 is 0 Å². The molecule has 0 spiro atoms. The van der Waals surface area contributed by atoms with Gasteiger partial charge in [0.15, 0.2) is 0 Å². The second-order valence-corrected chi connectivity index (χ2v) is 6.01. The van der Waals surface area contributed by atoms with Gasteiger partial charge in [0.2, 0.25) is 5.95 Å². The van der Waals surface area contributed by atoms with Gasteiger partial charge in [-0.2, -0.15) is 0 Å². The van der Waals surface area contributed by atoms with Crippen molar-refractivity contribution in [3.8, 4) is 0 Å². The first-order valence-corrected chi connectivity index (χ1v) is 6.23. The van der Waals surface area contributed by atoms with Crippen LogP contribution in [0.4, 0.5) is 5.95 Å². The Morgan fingerprint density at radius 2 is 2.06 bits per heavy atom. The van der Waals surface area contributed by atoms with Crippen molar-refractivity contribution in [2.45, 2.75) is 33.7 Å². The molecule has 0 aliphatic rings. The number of imidazole rings is 1. The predicted octanol–water partition coefficient (Wildman–Crippen LogP) is 2.46. The summed E-state index contributed by atoms with van der Waals surface area (Å²) < 4.78 is 2.16. The van der Waals surface area contributed by atoms with E-state index in [1.807, 2.05) is 12.4 Å². The van der Waals surface area contributed by atoms with Gasteiger partial charge in [-0.1, -0.05) is 13.8 Å². The van der Waals surface area contributed by atoms with Gasteiger partial charge < -0.3 is 14.8 Å². The summed E-state index contributed by atoms with van der Waals surface area (Å²) in [6.45, 7) is 10.8. The molecule has 0 aromatic carbocycles. The maximum Gasteiger partial charge on any atom is 0.203 e. The number of nitrogens with one attached hydrogen (secondary N) is 1. The molecule has 1 N–H and O–H groups in total. The molecule has 0 aliphatic carbocycles. The van der Waals surface area contributed by atoms with Gasteiger partial charge in [0.05, 0.1) is 0 Å². The third-order valence-electron chi connectivity index (χ3n) is 2.69. The van der Waals surface area contributed by atoms with Crippen molar-refractivity contribution in [2.75, 3.05) is 32.5 Å². The Bertz CT molecular complexity index is 339. The van der Waals surface area contributed by atoms with E-state index in [1.54, 1.807) is 0 Å². The molecule has 1 heterocycles. The quantitative estimate of drug-likeness (QED) is 0.826. The van der Waals surface area contributed by atoms with Gasteiger partial charge in [0, 0.05) is 31.5 Å². The highest BCUT2D eigenvalue weighted by atomic mass is 15.2. The molecule has 98 valence electrons. The molecule has 0 unspecified atom stereocenters. The summed E-state index contributed by atoms with van der Waals surface area (Å²) in [5, 5.41) is 3.45. The summed E-state index contributed by atoms with van der Waals surface area (Å²) in [5.41, 5.74) is 0.233. The minimum atomic E-state index is 0.233. The van der Waals surface area contributed by atoms with Crippen LogP contribution in [0.15, 0.2) is 12.4 Å². The lowest BCUT2D eigenvalue weighted by molar-refractivity contribution is 0.253. The van der Waals surface area contributed by atoms with E-state index >= 15 is 0 Å². The van der Waals surface area contributed by atoms with Gasteiger partial charge in [-0.15, -0.1) is 0 Å². The topological polar surface area (TPSA) is 33.1 Å². The van der Waals surface area contributed by atoms with Crippen molar-refractivity contribution < 1.29 is 0 Å². The van der Waals surface area contributed by atoms with Crippen LogP contribution in [0.25, 0.3) is 0 Å². The molecule has 1 aromatic rings. The molecule has 0 fully saturated rings. The molecule has 0 saturated carbocycles. The predicted molar refractivity (Wildman–Crippen MR) is 73.4 cm³/mol. The lowest BCUT2D eigenvalue weighted by atomic mass is 9.93. The number of rotatable bonds is 6. The Labute approximate surface area is 105 Å². The highest BCUT2D eigenvalue weighted by Crippen LogP contribution is 2.18. The number of nitrogens with zero attached hydrogens (tertiary/aromatic N) is 3. The van der Waals surface area contributed by atoms with Crippen LogP contribution in [0.2, 0.25) is 0 Å². The standard InChI is InChI=1S/C13H26N4/c1-11(2)17-8-7-14-12(17)15-9-13(3,4)10-16(5)6/h7-8,11H,9-10H2,1-6H3,(H,14,15). The van der Waals surface area contributed by atoms with Crippen LogP contribution in [-0.2, 0) is 0 Å². The minimum Gasteiger partial charge on any atom is -0.355 e. The van der Waals surface area contributed by atoms with Gasteiger partial charge in [-0.3, -0.25) is 0 Å². The number of hydrogen-bond donors (Lipinski definition) is 1. The molecule has 0 amide bonds. The molecular weight excluding hydrogens is 212 g/mol. The molecule has 0 radical (unpaired) electrons. The highest BCUT2D eigenvalue weighted by molar-refractivity contribution is 5.27. The zero-order valence-corrected chi connectivity index (χ0v) is 12.0. The summed E-state index contributed by atoms with van der Waals surface area (Å²) >= 11 is 0. The monoisotopic (exact) mass is 238 g/mol. The van der Waals surface area contributed by atoms with Crippen molar-refractivity contribution in [3.63, 3.8) is 0 Å². The zero-order chi connectivity index (χ0) is 13.1. The lowest BCUT2D eigenvalue weighted by Crippen LogP contribution is -2.34. The van der Waals surface area contributed by atoms with Crippen molar-refractivity contribution in [2.24, 2.45) is 5.41 Å². The Hall–Kier alpha value is -1.03. The summed E-state index contributed by atoms with van der Waals surface area (Å²) in [4.78, 5) is 6.58. The second kappa shape index (κ2) is 5.54. The van der Waals surface area contributed by atoms with Crippen LogP contribution in [0.3, 0.4) is 0 Å². The van der Waals surface area contributed by atoms with Crippen LogP contribution in [0.1, 0.15) is 33.7 Å². The van der Waals surface area contributed by atoms with Crippen LogP contribution in [0, 0.1) is 5.41 Å². The first-order valence-electron chi connectivity index (χ1n) is 6.23. The minimum absolute atomic E-state index is 0.233. The molecule has 0 aliphatic heterocycles. The Balaban J connectivity index is 2.58. The Morgan fingerprint density at radius 3 is 2.59 bits per heavy atom. The smallest absolute Gasteiger partial charge is 0.203 e. The molecule has 0 saturated heterocycles. The summed E-state index contributed by atoms with van der Waals surface area (Å²) in [6, 6.07) is 0.442. The first-order chi connectivity index (χ1) is 7.82. The number of anilines is 1. The van der Waals surface area contributed by atoms with E-state index in [9.17, 15) is 0 Å². The van der Waals surface area contributed by atoms with Crippen LogP contribution in [-0.4, -0.2) is 41.6 Å². The van der Waals surface area contributed by atoms with Crippen molar-refractivity contribution in [1.82, 2.24) is 14.5 Å². The van der Waals surface area contributed by atoms with Crippen molar-refractivity contribution in [3.05, 3.63) is 12.4 Å². The maximum absolute atomic E-state index is 4.36. The van der Waals surface area contributed by atoms with Gasteiger partial charge in [0.25, 0.3) is 0 Å². The fourth-order valence-corrected chi connectivity index (χ4v) is 2.10. The van der Waals surface area contributed by atoms with Gasteiger partial charge in [0.1, 0.15) is 0 Å². The summed E-state index contributed by atoms with van der Waals surface area (Å²) in [7, 11) is 4.22. The van der Waals surface area contributed by atoms with Crippen LogP contribution < -0.4 is 5.32 Å². The first kappa shape index (κ1) is 14.0. The number of aromatic nitrogens is 2. The van der Waals surface area contributed by atoms with E-state index in [1.165, 1.54) is 0 Å². The fraction of sp³-hybridized carbons (Fsp3) is 0.769. The van der Waals surface area contributed by atoms with E-state index in [4.69, 9.17) is 0 Å². The Kier molecular flexibility index (Phi) is 4.57. The summed E-state index contributed by atoms with van der Waals surface area (Å²) in [6.07, 6.45) is 3.87. The van der Waals surface area contributed by atoms with E-state index < -0.39 is 0 Å². The van der Waals surface area contributed by atoms with E-state index in [0.29, 0.717) is 6.04 Å². The average molecular weight is 238 g/mol. The average Bonchev–Trinajstić information content (AvgIpc) is 2.60. The summed E-state index contributed by atoms with van der Waals surface area (Å²) in [5.74, 6) is 0.965.